The van der Waals surface area contributed by atoms with Gasteiger partial charge in [-0.2, -0.15) is 0 Å². The Morgan fingerprint density at radius 1 is 1.44 bits per heavy atom. The molecule has 96 valence electrons. The highest BCUT2D eigenvalue weighted by atomic mass is 35.5. The van der Waals surface area contributed by atoms with Gasteiger partial charge in [-0.25, -0.2) is 0 Å². The van der Waals surface area contributed by atoms with E-state index in [0.717, 1.165) is 38.9 Å². The lowest BCUT2D eigenvalue weighted by Crippen LogP contribution is -2.62. The molecule has 2 rings (SSSR count). The molecule has 2 atom stereocenters. The fraction of sp³-hybridized carbons (Fsp3) is 0.900. The van der Waals surface area contributed by atoms with E-state index >= 15 is 0 Å². The first kappa shape index (κ1) is 16.0. The van der Waals surface area contributed by atoms with Crippen LogP contribution in [0.15, 0.2) is 0 Å². The Morgan fingerprint density at radius 3 is 2.75 bits per heavy atom. The van der Waals surface area contributed by atoms with Crippen LogP contribution < -0.4 is 5.32 Å². The van der Waals surface area contributed by atoms with Gasteiger partial charge in [0.15, 0.2) is 0 Å². The Hall–Kier alpha value is -0.0300. The summed E-state index contributed by atoms with van der Waals surface area (Å²) in [6, 6.07) is 0.146. The van der Waals surface area contributed by atoms with E-state index in [9.17, 15) is 9.90 Å². The van der Waals surface area contributed by atoms with E-state index in [1.165, 1.54) is 0 Å². The molecule has 6 heteroatoms. The van der Waals surface area contributed by atoms with Crippen molar-refractivity contribution in [2.24, 2.45) is 5.41 Å². The van der Waals surface area contributed by atoms with Crippen molar-refractivity contribution in [2.45, 2.75) is 25.3 Å². The van der Waals surface area contributed by atoms with Gasteiger partial charge in [0.2, 0.25) is 0 Å². The van der Waals surface area contributed by atoms with Crippen LogP contribution in [0.2, 0.25) is 0 Å². The standard InChI is InChI=1S/C10H18N2O2.2ClH/c1-12-6-4-10(9(13)14)3-2-5-11-8(10)7-12;;/h8,11H,2-7H2,1H3,(H,13,14);2*1H/t8-,10+;;/m0../s1. The molecule has 0 unspecified atom stereocenters. The number of rotatable bonds is 1. The molecule has 0 spiro atoms. The minimum Gasteiger partial charge on any atom is -0.481 e. The number of likely N-dealkylation sites (tertiary alicyclic amines) is 1. The summed E-state index contributed by atoms with van der Waals surface area (Å²) < 4.78 is 0. The quantitative estimate of drug-likeness (QED) is 0.746. The zero-order valence-corrected chi connectivity index (χ0v) is 11.1. The average molecular weight is 271 g/mol. The summed E-state index contributed by atoms with van der Waals surface area (Å²) in [6.07, 6.45) is 2.62. The van der Waals surface area contributed by atoms with E-state index < -0.39 is 11.4 Å². The van der Waals surface area contributed by atoms with Gasteiger partial charge < -0.3 is 15.3 Å². The molecule has 0 aromatic carbocycles. The summed E-state index contributed by atoms with van der Waals surface area (Å²) in [5.74, 6) is -0.609. The topological polar surface area (TPSA) is 52.6 Å². The zero-order chi connectivity index (χ0) is 10.2. The molecule has 2 fully saturated rings. The van der Waals surface area contributed by atoms with Gasteiger partial charge in [0.25, 0.3) is 0 Å². The summed E-state index contributed by atoms with van der Waals surface area (Å²) in [7, 11) is 2.06. The molecule has 0 aliphatic carbocycles. The Morgan fingerprint density at radius 2 is 2.12 bits per heavy atom. The second-order valence-corrected chi connectivity index (χ2v) is 4.58. The monoisotopic (exact) mass is 270 g/mol. The third kappa shape index (κ3) is 2.62. The molecule has 2 aliphatic heterocycles. The van der Waals surface area contributed by atoms with E-state index in [-0.39, 0.29) is 30.9 Å². The Labute approximate surface area is 109 Å². The molecular weight excluding hydrogens is 251 g/mol. The number of fused-ring (bicyclic) bond motifs is 1. The molecule has 0 saturated carbocycles. The smallest absolute Gasteiger partial charge is 0.311 e. The van der Waals surface area contributed by atoms with Crippen molar-refractivity contribution in [3.05, 3.63) is 0 Å². The van der Waals surface area contributed by atoms with Gasteiger partial charge in [0, 0.05) is 12.6 Å². The average Bonchev–Trinajstić information content (AvgIpc) is 2.17. The van der Waals surface area contributed by atoms with Crippen LogP contribution in [0.4, 0.5) is 0 Å². The Bertz CT molecular complexity index is 253. The molecule has 16 heavy (non-hydrogen) atoms. The van der Waals surface area contributed by atoms with Crippen LogP contribution in [0, 0.1) is 5.41 Å². The van der Waals surface area contributed by atoms with E-state index in [0.29, 0.717) is 0 Å². The molecule has 0 radical (unpaired) electrons. The second-order valence-electron chi connectivity index (χ2n) is 4.58. The second kappa shape index (κ2) is 6.05. The third-order valence-electron chi connectivity index (χ3n) is 3.72. The van der Waals surface area contributed by atoms with Gasteiger partial charge in [-0.1, -0.05) is 0 Å². The number of nitrogens with zero attached hydrogens (tertiary/aromatic N) is 1. The van der Waals surface area contributed by atoms with E-state index in [1.54, 1.807) is 0 Å². The summed E-state index contributed by atoms with van der Waals surface area (Å²) >= 11 is 0. The predicted octanol–water partition coefficient (Wildman–Crippen LogP) is 0.988. The normalized spacial score (nSPS) is 34.2. The van der Waals surface area contributed by atoms with Gasteiger partial charge >= 0.3 is 5.97 Å². The number of aliphatic carboxylic acids is 1. The number of hydrogen-bond acceptors (Lipinski definition) is 3. The van der Waals surface area contributed by atoms with Crippen LogP contribution in [0.5, 0.6) is 0 Å². The maximum Gasteiger partial charge on any atom is 0.311 e. The van der Waals surface area contributed by atoms with Crippen LogP contribution >= 0.6 is 24.8 Å². The highest BCUT2D eigenvalue weighted by molar-refractivity contribution is 5.85. The number of hydrogen-bond donors (Lipinski definition) is 2. The minimum atomic E-state index is -0.609. The van der Waals surface area contributed by atoms with Gasteiger partial charge in [0.1, 0.15) is 0 Å². The summed E-state index contributed by atoms with van der Waals surface area (Å²) in [4.78, 5) is 13.6. The molecule has 4 nitrogen and oxygen atoms in total. The summed E-state index contributed by atoms with van der Waals surface area (Å²) in [6.45, 7) is 2.74. The molecule has 0 aromatic heterocycles. The Kier molecular flexibility index (Phi) is 6.04. The molecule has 0 bridgehead atoms. The SMILES string of the molecule is CN1CC[C@]2(C(=O)O)CCCN[C@H]2C1.Cl.Cl. The number of piperidine rings is 2. The predicted molar refractivity (Wildman–Crippen MR) is 67.7 cm³/mol. The third-order valence-corrected chi connectivity index (χ3v) is 3.72. The highest BCUT2D eigenvalue weighted by Crippen LogP contribution is 2.38. The number of halogens is 2. The van der Waals surface area contributed by atoms with Gasteiger partial charge in [0.05, 0.1) is 5.41 Å². The van der Waals surface area contributed by atoms with Gasteiger partial charge in [-0.3, -0.25) is 4.79 Å². The lowest BCUT2D eigenvalue weighted by atomic mass is 9.69. The highest BCUT2D eigenvalue weighted by Gasteiger charge is 2.49. The van der Waals surface area contributed by atoms with E-state index in [4.69, 9.17) is 0 Å². The largest absolute Gasteiger partial charge is 0.481 e. The number of likely N-dealkylation sites (N-methyl/N-ethyl adjacent to an activating group) is 1. The first-order valence-electron chi connectivity index (χ1n) is 5.30. The van der Waals surface area contributed by atoms with Crippen molar-refractivity contribution in [1.82, 2.24) is 10.2 Å². The van der Waals surface area contributed by atoms with E-state index in [1.807, 2.05) is 0 Å². The zero-order valence-electron chi connectivity index (χ0n) is 9.44. The molecule has 0 aromatic rings. The van der Waals surface area contributed by atoms with Crippen molar-refractivity contribution in [2.75, 3.05) is 26.7 Å². The molecule has 2 heterocycles. The van der Waals surface area contributed by atoms with Crippen LogP contribution in [-0.2, 0) is 4.79 Å². The van der Waals surface area contributed by atoms with Crippen LogP contribution in [0.3, 0.4) is 0 Å². The van der Waals surface area contributed by atoms with Crippen LogP contribution in [-0.4, -0.2) is 48.7 Å². The number of carboxylic acid groups (broad SMARTS) is 1. The fourth-order valence-corrected chi connectivity index (χ4v) is 2.74. The lowest BCUT2D eigenvalue weighted by molar-refractivity contribution is -0.156. The number of carboxylic acids is 1. The van der Waals surface area contributed by atoms with Crippen molar-refractivity contribution >= 4 is 30.8 Å². The van der Waals surface area contributed by atoms with Gasteiger partial charge in [-0.05, 0) is 39.4 Å². The summed E-state index contributed by atoms with van der Waals surface area (Å²) in [5, 5.41) is 12.7. The number of nitrogens with one attached hydrogen (secondary N) is 1. The minimum absolute atomic E-state index is 0. The van der Waals surface area contributed by atoms with Crippen LogP contribution in [0.25, 0.3) is 0 Å². The maximum absolute atomic E-state index is 11.4. The van der Waals surface area contributed by atoms with Crippen molar-refractivity contribution < 1.29 is 9.90 Å². The van der Waals surface area contributed by atoms with Gasteiger partial charge in [-0.15, -0.1) is 24.8 Å². The fourth-order valence-electron chi connectivity index (χ4n) is 2.74. The van der Waals surface area contributed by atoms with Crippen molar-refractivity contribution in [3.8, 4) is 0 Å². The number of carbonyl (C=O) groups is 1. The first-order valence-corrected chi connectivity index (χ1v) is 5.30. The van der Waals surface area contributed by atoms with Crippen LogP contribution in [0.1, 0.15) is 19.3 Å². The lowest BCUT2D eigenvalue weighted by Gasteiger charge is -2.47. The first-order chi connectivity index (χ1) is 6.65. The molecule has 2 N–H and O–H groups in total. The van der Waals surface area contributed by atoms with Crippen molar-refractivity contribution in [3.63, 3.8) is 0 Å². The maximum atomic E-state index is 11.4. The Balaban J connectivity index is 0.00000112. The molecule has 2 saturated heterocycles. The molecule has 0 amide bonds. The van der Waals surface area contributed by atoms with Crippen molar-refractivity contribution in [1.29, 1.82) is 0 Å². The molecule has 2 aliphatic rings. The molecular formula is C10H20Cl2N2O2. The van der Waals surface area contributed by atoms with E-state index in [2.05, 4.69) is 17.3 Å². The summed E-state index contributed by atoms with van der Waals surface area (Å²) in [5.41, 5.74) is -0.481.